The molecule has 68 heavy (non-hydrogen) atoms. The van der Waals surface area contributed by atoms with Crippen LogP contribution < -0.4 is 5.32 Å². The van der Waals surface area contributed by atoms with Gasteiger partial charge >= 0.3 is 5.97 Å². The average Bonchev–Trinajstić information content (AvgIpc) is 3.34. The van der Waals surface area contributed by atoms with Crippen LogP contribution >= 0.6 is 0 Å². The Labute approximate surface area is 424 Å². The van der Waals surface area contributed by atoms with Crippen molar-refractivity contribution in [1.82, 2.24) is 5.32 Å². The third-order valence-electron chi connectivity index (χ3n) is 14.3. The molecule has 3 N–H and O–H groups in total. The molecule has 0 saturated carbocycles. The summed E-state index contributed by atoms with van der Waals surface area (Å²) < 4.78 is 5.49. The van der Waals surface area contributed by atoms with Crippen molar-refractivity contribution >= 4 is 11.9 Å². The number of esters is 1. The largest absolute Gasteiger partial charge is 0.466 e. The van der Waals surface area contributed by atoms with Crippen LogP contribution in [-0.2, 0) is 14.3 Å². The van der Waals surface area contributed by atoms with E-state index in [4.69, 9.17) is 4.74 Å². The molecule has 0 rings (SSSR count). The van der Waals surface area contributed by atoms with Gasteiger partial charge < -0.3 is 20.3 Å². The number of aliphatic hydroxyl groups excluding tert-OH is 2. The highest BCUT2D eigenvalue weighted by Crippen LogP contribution is 2.18. The molecule has 0 fully saturated rings. The molecule has 0 aromatic rings. The summed E-state index contributed by atoms with van der Waals surface area (Å²) in [5.74, 6) is -0.0272. The Hall–Kier alpha value is -1.66. The first kappa shape index (κ1) is 66.3. The number of unbranched alkanes of at least 4 members (excludes halogenated alkanes) is 42. The molecule has 0 spiro atoms. The Morgan fingerprint density at radius 2 is 0.735 bits per heavy atom. The van der Waals surface area contributed by atoms with Crippen molar-refractivity contribution in [3.63, 3.8) is 0 Å². The smallest absolute Gasteiger partial charge is 0.305 e. The minimum Gasteiger partial charge on any atom is -0.466 e. The molecule has 0 aliphatic heterocycles. The third-order valence-corrected chi connectivity index (χ3v) is 14.3. The number of carbonyl (C=O) groups excluding carboxylic acids is 2. The Kier molecular flexibility index (Phi) is 56.5. The van der Waals surface area contributed by atoms with Crippen molar-refractivity contribution < 1.29 is 24.5 Å². The second-order valence-corrected chi connectivity index (χ2v) is 21.0. The number of carbonyl (C=O) groups is 2. The quantitative estimate of drug-likeness (QED) is 0.0321. The minimum absolute atomic E-state index is 0.00825. The molecule has 0 bridgehead atoms. The summed E-state index contributed by atoms with van der Waals surface area (Å²) in [7, 11) is 0. The Morgan fingerprint density at radius 3 is 1.13 bits per heavy atom. The second kappa shape index (κ2) is 57.9. The number of rotatable bonds is 57. The Bertz CT molecular complexity index is 1060. The lowest BCUT2D eigenvalue weighted by Crippen LogP contribution is -2.45. The van der Waals surface area contributed by atoms with Crippen molar-refractivity contribution in [2.24, 2.45) is 0 Å². The van der Waals surface area contributed by atoms with Crippen LogP contribution in [0.15, 0.2) is 24.3 Å². The van der Waals surface area contributed by atoms with E-state index in [0.717, 1.165) is 51.4 Å². The van der Waals surface area contributed by atoms with E-state index in [1.807, 2.05) is 0 Å². The number of hydrogen-bond donors (Lipinski definition) is 3. The van der Waals surface area contributed by atoms with Crippen molar-refractivity contribution in [3.05, 3.63) is 24.3 Å². The number of nitrogens with one attached hydrogen (secondary N) is 1. The van der Waals surface area contributed by atoms with E-state index in [1.54, 1.807) is 0 Å². The lowest BCUT2D eigenvalue weighted by atomic mass is 10.0. The maximum Gasteiger partial charge on any atom is 0.305 e. The van der Waals surface area contributed by atoms with Crippen LogP contribution in [0.3, 0.4) is 0 Å². The van der Waals surface area contributed by atoms with Gasteiger partial charge in [-0.1, -0.05) is 289 Å². The van der Waals surface area contributed by atoms with Gasteiger partial charge in [0.05, 0.1) is 25.4 Å². The molecule has 6 nitrogen and oxygen atoms in total. The van der Waals surface area contributed by atoms with Gasteiger partial charge in [0.1, 0.15) is 0 Å². The number of allylic oxidation sites excluding steroid dienone is 4. The van der Waals surface area contributed by atoms with Gasteiger partial charge in [-0.25, -0.2) is 0 Å². The fourth-order valence-electron chi connectivity index (χ4n) is 9.55. The molecule has 2 atom stereocenters. The molecule has 0 heterocycles. The second-order valence-electron chi connectivity index (χ2n) is 21.0. The zero-order valence-electron chi connectivity index (χ0n) is 45.9. The third kappa shape index (κ3) is 53.7. The van der Waals surface area contributed by atoms with Gasteiger partial charge in [0, 0.05) is 12.8 Å². The molecule has 402 valence electrons. The van der Waals surface area contributed by atoms with Crippen molar-refractivity contribution in [2.75, 3.05) is 13.2 Å². The lowest BCUT2D eigenvalue weighted by molar-refractivity contribution is -0.143. The zero-order valence-corrected chi connectivity index (χ0v) is 45.9. The van der Waals surface area contributed by atoms with Gasteiger partial charge in [-0.05, 0) is 57.8 Å². The highest BCUT2D eigenvalue weighted by molar-refractivity contribution is 5.76. The van der Waals surface area contributed by atoms with E-state index in [-0.39, 0.29) is 18.5 Å². The minimum atomic E-state index is -0.661. The normalized spacial score (nSPS) is 12.7. The number of hydrogen-bond acceptors (Lipinski definition) is 5. The molecular formula is C62H119NO5. The zero-order chi connectivity index (χ0) is 49.3. The molecule has 0 saturated heterocycles. The first-order valence-electron chi connectivity index (χ1n) is 30.6. The van der Waals surface area contributed by atoms with Gasteiger partial charge in [0.2, 0.25) is 5.91 Å². The molecular weight excluding hydrogens is 839 g/mol. The van der Waals surface area contributed by atoms with E-state index in [1.165, 1.54) is 250 Å². The summed E-state index contributed by atoms with van der Waals surface area (Å²) in [4.78, 5) is 24.5. The summed E-state index contributed by atoms with van der Waals surface area (Å²) in [6.07, 6.45) is 70.5. The van der Waals surface area contributed by atoms with Crippen LogP contribution in [0.25, 0.3) is 0 Å². The number of amides is 1. The van der Waals surface area contributed by atoms with Crippen LogP contribution in [0.1, 0.15) is 335 Å². The highest BCUT2D eigenvalue weighted by atomic mass is 16.5. The van der Waals surface area contributed by atoms with Crippen LogP contribution in [0, 0.1) is 0 Å². The Balaban J connectivity index is 3.33. The summed E-state index contributed by atoms with van der Waals surface area (Å²) in [5.41, 5.74) is 0. The van der Waals surface area contributed by atoms with Crippen molar-refractivity contribution in [3.8, 4) is 0 Å². The predicted molar refractivity (Wildman–Crippen MR) is 296 cm³/mol. The molecule has 0 aromatic heterocycles. The van der Waals surface area contributed by atoms with E-state index in [2.05, 4.69) is 43.5 Å². The molecule has 0 aliphatic carbocycles. The fraction of sp³-hybridized carbons (Fsp3) is 0.903. The van der Waals surface area contributed by atoms with Crippen LogP contribution in [-0.4, -0.2) is 47.4 Å². The van der Waals surface area contributed by atoms with Gasteiger partial charge in [-0.2, -0.15) is 0 Å². The topological polar surface area (TPSA) is 95.9 Å². The van der Waals surface area contributed by atoms with Crippen molar-refractivity contribution in [2.45, 2.75) is 347 Å². The molecule has 0 aliphatic rings. The van der Waals surface area contributed by atoms with Gasteiger partial charge in [0.25, 0.3) is 0 Å². The predicted octanol–water partition coefficient (Wildman–Crippen LogP) is 19.0. The van der Waals surface area contributed by atoms with E-state index < -0.39 is 12.1 Å². The summed E-state index contributed by atoms with van der Waals surface area (Å²) in [5, 5.41) is 23.1. The van der Waals surface area contributed by atoms with Crippen LogP contribution in [0.5, 0.6) is 0 Å². The molecule has 1 amide bonds. The fourth-order valence-corrected chi connectivity index (χ4v) is 9.55. The van der Waals surface area contributed by atoms with Gasteiger partial charge in [-0.3, -0.25) is 9.59 Å². The summed E-state index contributed by atoms with van der Waals surface area (Å²) in [6.45, 7) is 4.93. The maximum absolute atomic E-state index is 12.4. The van der Waals surface area contributed by atoms with Crippen LogP contribution in [0.4, 0.5) is 0 Å². The molecule has 0 radical (unpaired) electrons. The first-order chi connectivity index (χ1) is 33.5. The molecule has 0 aromatic carbocycles. The SMILES string of the molecule is CCCCCC/C=C\C/C=C\CCCCCCCCCC(=O)OCCCCCCCCCCCCCCCCCCCCCCCCCCC(=O)NC(CO)C(O)CCCCCCCCCCC. The molecule has 6 heteroatoms. The first-order valence-corrected chi connectivity index (χ1v) is 30.6. The Morgan fingerprint density at radius 1 is 0.412 bits per heavy atom. The van der Waals surface area contributed by atoms with E-state index >= 15 is 0 Å². The lowest BCUT2D eigenvalue weighted by Gasteiger charge is -2.22. The van der Waals surface area contributed by atoms with Gasteiger partial charge in [-0.15, -0.1) is 0 Å². The summed E-state index contributed by atoms with van der Waals surface area (Å²) in [6, 6.07) is -0.538. The molecule has 2 unspecified atom stereocenters. The number of aliphatic hydroxyl groups is 2. The van der Waals surface area contributed by atoms with E-state index in [9.17, 15) is 19.8 Å². The standard InChI is InChI=1S/C62H119NO5/c1-3-5-7-9-11-13-14-15-16-17-27-30-33-36-40-44-48-52-56-62(67)68-57-53-49-45-41-37-34-31-28-25-23-21-19-18-20-22-24-26-29-32-35-39-43-47-51-55-61(66)63-59(58-64)60(65)54-50-46-42-38-12-10-8-6-4-2/h13-14,16-17,59-60,64-65H,3-12,15,18-58H2,1-2H3,(H,63,66)/b14-13-,17-16-. The van der Waals surface area contributed by atoms with Crippen molar-refractivity contribution in [1.29, 1.82) is 0 Å². The highest BCUT2D eigenvalue weighted by Gasteiger charge is 2.20. The number of ether oxygens (including phenoxy) is 1. The van der Waals surface area contributed by atoms with Crippen LogP contribution in [0.2, 0.25) is 0 Å². The average molecular weight is 959 g/mol. The monoisotopic (exact) mass is 958 g/mol. The summed E-state index contributed by atoms with van der Waals surface area (Å²) >= 11 is 0. The van der Waals surface area contributed by atoms with E-state index in [0.29, 0.717) is 25.9 Å². The maximum atomic E-state index is 12.4. The van der Waals surface area contributed by atoms with Gasteiger partial charge in [0.15, 0.2) is 0 Å².